The van der Waals surface area contributed by atoms with Crippen LogP contribution in [0.25, 0.3) is 0 Å². The smallest absolute Gasteiger partial charge is 0.00901 e. The van der Waals surface area contributed by atoms with Gasteiger partial charge in [0.2, 0.25) is 0 Å². The predicted octanol–water partition coefficient (Wildman–Crippen LogP) is 2.45. The van der Waals surface area contributed by atoms with E-state index in [0.717, 1.165) is 5.92 Å². The largest absolute Gasteiger partial charge is 0.0958 e. The summed E-state index contributed by atoms with van der Waals surface area (Å²) in [6.45, 7) is 3.92. The van der Waals surface area contributed by atoms with Crippen LogP contribution in [0.2, 0.25) is 0 Å². The molecule has 0 heteroatoms. The van der Waals surface area contributed by atoms with Gasteiger partial charge in [-0.1, -0.05) is 30.4 Å². The Morgan fingerprint density at radius 3 is 2.78 bits per heavy atom. The first-order valence-electron chi connectivity index (χ1n) is 3.42. The van der Waals surface area contributed by atoms with Gasteiger partial charge in [0.05, 0.1) is 0 Å². The minimum absolute atomic E-state index is 0.836. The molecule has 0 nitrogen and oxygen atoms in total. The van der Waals surface area contributed by atoms with Gasteiger partial charge in [0.15, 0.2) is 0 Å². The molecule has 1 atom stereocenters. The molecule has 0 N–H and O–H groups in total. The van der Waals surface area contributed by atoms with Crippen LogP contribution in [-0.4, -0.2) is 0 Å². The lowest BCUT2D eigenvalue weighted by Crippen LogP contribution is -2.13. The van der Waals surface area contributed by atoms with E-state index in [-0.39, 0.29) is 0 Å². The summed E-state index contributed by atoms with van der Waals surface area (Å²) in [5.74, 6) is 0.836. The molecule has 1 unspecified atom stereocenters. The Bertz CT molecular complexity index is 206. The Balaban J connectivity index is 2.31. The maximum Gasteiger partial charge on any atom is -0.00901 e. The number of hydrogen-bond acceptors (Lipinski definition) is 0. The van der Waals surface area contributed by atoms with E-state index in [2.05, 4.69) is 24.8 Å². The summed E-state index contributed by atoms with van der Waals surface area (Å²) in [4.78, 5) is 0. The minimum atomic E-state index is 0.836. The van der Waals surface area contributed by atoms with Crippen LogP contribution in [0.3, 0.4) is 0 Å². The zero-order valence-corrected chi connectivity index (χ0v) is 5.43. The highest BCUT2D eigenvalue weighted by Crippen LogP contribution is 2.36. The van der Waals surface area contributed by atoms with Crippen molar-refractivity contribution in [3.05, 3.63) is 36.0 Å². The van der Waals surface area contributed by atoms with Crippen LogP contribution in [-0.2, 0) is 0 Å². The van der Waals surface area contributed by atoms with Crippen molar-refractivity contribution < 1.29 is 0 Å². The molecule has 0 aromatic rings. The van der Waals surface area contributed by atoms with Crippen molar-refractivity contribution in [2.75, 3.05) is 0 Å². The first kappa shape index (κ1) is 5.04. The third kappa shape index (κ3) is 0.663. The van der Waals surface area contributed by atoms with Crippen LogP contribution in [0.4, 0.5) is 0 Å². The van der Waals surface area contributed by atoms with Gasteiger partial charge >= 0.3 is 0 Å². The van der Waals surface area contributed by atoms with E-state index in [1.807, 2.05) is 0 Å². The van der Waals surface area contributed by atoms with Gasteiger partial charge in [-0.25, -0.2) is 0 Å². The maximum atomic E-state index is 3.92. The van der Waals surface area contributed by atoms with E-state index in [1.54, 1.807) is 0 Å². The molecular formula is C9H10. The number of allylic oxidation sites excluding steroid dienone is 5. The second-order valence-electron chi connectivity index (χ2n) is 2.83. The van der Waals surface area contributed by atoms with Gasteiger partial charge < -0.3 is 0 Å². The molecule has 2 aliphatic carbocycles. The third-order valence-electron chi connectivity index (χ3n) is 2.13. The van der Waals surface area contributed by atoms with Gasteiger partial charge in [-0.15, -0.1) is 0 Å². The fraction of sp³-hybridized carbons (Fsp3) is 0.333. The van der Waals surface area contributed by atoms with Gasteiger partial charge in [-0.2, -0.15) is 0 Å². The zero-order valence-electron chi connectivity index (χ0n) is 5.43. The molecule has 2 aliphatic rings. The molecule has 0 amide bonds. The Labute approximate surface area is 55.6 Å². The topological polar surface area (TPSA) is 0 Å². The van der Waals surface area contributed by atoms with Crippen LogP contribution in [0.15, 0.2) is 36.0 Å². The highest BCUT2D eigenvalue weighted by atomic mass is 14.3. The van der Waals surface area contributed by atoms with Gasteiger partial charge in [0, 0.05) is 0 Å². The van der Waals surface area contributed by atoms with E-state index >= 15 is 0 Å². The van der Waals surface area contributed by atoms with Crippen molar-refractivity contribution >= 4 is 0 Å². The summed E-state index contributed by atoms with van der Waals surface area (Å²) in [6.07, 6.45) is 9.09. The summed E-state index contributed by atoms with van der Waals surface area (Å²) in [7, 11) is 0. The van der Waals surface area contributed by atoms with Gasteiger partial charge in [-0.3, -0.25) is 0 Å². The molecule has 9 heavy (non-hydrogen) atoms. The average molecular weight is 118 g/mol. The Morgan fingerprint density at radius 2 is 2.33 bits per heavy atom. The van der Waals surface area contributed by atoms with E-state index in [9.17, 15) is 0 Å². The molecule has 0 saturated carbocycles. The molecule has 2 rings (SSSR count). The van der Waals surface area contributed by atoms with Gasteiger partial charge in [-0.05, 0) is 24.3 Å². The van der Waals surface area contributed by atoms with E-state index in [4.69, 9.17) is 0 Å². The molecule has 0 bridgehead atoms. The summed E-state index contributed by atoms with van der Waals surface area (Å²) >= 11 is 0. The highest BCUT2D eigenvalue weighted by Gasteiger charge is 2.21. The van der Waals surface area contributed by atoms with Crippen molar-refractivity contribution in [1.82, 2.24) is 0 Å². The summed E-state index contributed by atoms with van der Waals surface area (Å²) < 4.78 is 0. The monoisotopic (exact) mass is 118 g/mol. The second kappa shape index (κ2) is 1.60. The summed E-state index contributed by atoms with van der Waals surface area (Å²) in [5, 5.41) is 0. The first-order valence-corrected chi connectivity index (χ1v) is 3.42. The molecule has 0 radical (unpaired) electrons. The van der Waals surface area contributed by atoms with Crippen molar-refractivity contribution in [3.8, 4) is 0 Å². The highest BCUT2D eigenvalue weighted by molar-refractivity contribution is 5.39. The standard InChI is InChI=1S/C9H10/c1-7-2-3-8-4-5-9(8)6-7/h2-4,9H,1,5-6H2. The first-order chi connectivity index (χ1) is 4.36. The van der Waals surface area contributed by atoms with Crippen LogP contribution in [0.1, 0.15) is 12.8 Å². The number of hydrogen-bond donors (Lipinski definition) is 0. The van der Waals surface area contributed by atoms with Crippen LogP contribution in [0, 0.1) is 5.92 Å². The molecule has 46 valence electrons. The van der Waals surface area contributed by atoms with E-state index < -0.39 is 0 Å². The minimum Gasteiger partial charge on any atom is -0.0958 e. The lowest BCUT2D eigenvalue weighted by atomic mass is 9.77. The van der Waals surface area contributed by atoms with Crippen molar-refractivity contribution in [1.29, 1.82) is 0 Å². The fourth-order valence-corrected chi connectivity index (χ4v) is 1.42. The van der Waals surface area contributed by atoms with E-state index in [1.165, 1.54) is 24.0 Å². The number of fused-ring (bicyclic) bond motifs is 1. The molecule has 0 aromatic carbocycles. The van der Waals surface area contributed by atoms with Crippen molar-refractivity contribution in [2.45, 2.75) is 12.8 Å². The lowest BCUT2D eigenvalue weighted by Gasteiger charge is -2.28. The van der Waals surface area contributed by atoms with E-state index in [0.29, 0.717) is 0 Å². The molecule has 0 heterocycles. The Kier molecular flexibility index (Phi) is 0.895. The summed E-state index contributed by atoms with van der Waals surface area (Å²) in [5.41, 5.74) is 2.82. The fourth-order valence-electron chi connectivity index (χ4n) is 1.42. The maximum absolute atomic E-state index is 3.92. The SMILES string of the molecule is C=C1C=CC2=CCC2C1. The Morgan fingerprint density at radius 1 is 1.44 bits per heavy atom. The lowest BCUT2D eigenvalue weighted by molar-refractivity contribution is 0.569. The molecule has 0 saturated heterocycles. The average Bonchev–Trinajstić information content (AvgIpc) is 1.78. The van der Waals surface area contributed by atoms with Crippen molar-refractivity contribution in [2.24, 2.45) is 5.92 Å². The molecule has 0 spiro atoms. The van der Waals surface area contributed by atoms with Gasteiger partial charge in [0.1, 0.15) is 0 Å². The molecular weight excluding hydrogens is 108 g/mol. The van der Waals surface area contributed by atoms with Crippen molar-refractivity contribution in [3.63, 3.8) is 0 Å². The normalized spacial score (nSPS) is 30.9. The molecule has 0 aliphatic heterocycles. The zero-order chi connectivity index (χ0) is 6.27. The number of rotatable bonds is 0. The predicted molar refractivity (Wildman–Crippen MR) is 39.1 cm³/mol. The molecule has 0 fully saturated rings. The second-order valence-corrected chi connectivity index (χ2v) is 2.83. The van der Waals surface area contributed by atoms with Crippen LogP contribution < -0.4 is 0 Å². The third-order valence-corrected chi connectivity index (χ3v) is 2.13. The quantitative estimate of drug-likeness (QED) is 0.458. The van der Waals surface area contributed by atoms with Crippen LogP contribution >= 0.6 is 0 Å². The van der Waals surface area contributed by atoms with Gasteiger partial charge in [0.25, 0.3) is 0 Å². The molecule has 0 aromatic heterocycles. The Hall–Kier alpha value is -0.780. The van der Waals surface area contributed by atoms with Crippen LogP contribution in [0.5, 0.6) is 0 Å². The summed E-state index contributed by atoms with van der Waals surface area (Å²) in [6, 6.07) is 0.